The quantitative estimate of drug-likeness (QED) is 0.748. The second-order valence-corrected chi connectivity index (χ2v) is 6.50. The van der Waals surface area contributed by atoms with Gasteiger partial charge in [-0.2, -0.15) is 0 Å². The van der Waals surface area contributed by atoms with Crippen LogP contribution in [0.1, 0.15) is 47.0 Å². The zero-order valence-corrected chi connectivity index (χ0v) is 13.0. The molecule has 1 saturated carbocycles. The molecular weight excluding hydrogens is 256 g/mol. The van der Waals surface area contributed by atoms with E-state index in [0.29, 0.717) is 25.7 Å². The Balaban J connectivity index is 2.11. The van der Waals surface area contributed by atoms with E-state index in [9.17, 15) is 9.59 Å². The number of amides is 2. The van der Waals surface area contributed by atoms with Crippen LogP contribution in [0.25, 0.3) is 0 Å². The summed E-state index contributed by atoms with van der Waals surface area (Å²) in [6.45, 7) is 9.32. The van der Waals surface area contributed by atoms with Crippen molar-refractivity contribution in [3.8, 4) is 0 Å². The molecule has 1 unspecified atom stereocenters. The molecule has 0 aromatic rings. The molecule has 5 nitrogen and oxygen atoms in total. The summed E-state index contributed by atoms with van der Waals surface area (Å²) in [5.74, 6) is 0.299. The molecule has 1 saturated heterocycles. The maximum Gasteiger partial charge on any atom is 0.249 e. The van der Waals surface area contributed by atoms with Gasteiger partial charge in [0, 0.05) is 19.8 Å². The molecule has 2 aliphatic rings. The van der Waals surface area contributed by atoms with Crippen molar-refractivity contribution in [3.63, 3.8) is 0 Å². The van der Waals surface area contributed by atoms with Gasteiger partial charge in [0.2, 0.25) is 11.8 Å². The van der Waals surface area contributed by atoms with Gasteiger partial charge in [0.05, 0.1) is 0 Å². The highest BCUT2D eigenvalue weighted by Crippen LogP contribution is 2.43. The van der Waals surface area contributed by atoms with Crippen LogP contribution >= 0.6 is 0 Å². The van der Waals surface area contributed by atoms with Gasteiger partial charge in [0.15, 0.2) is 0 Å². The third-order valence-electron chi connectivity index (χ3n) is 4.56. The number of carbonyl (C=O) groups is 2. The van der Waals surface area contributed by atoms with Gasteiger partial charge in [-0.3, -0.25) is 9.59 Å². The highest BCUT2D eigenvalue weighted by atomic mass is 16.5. The Morgan fingerprint density at radius 2 is 1.95 bits per heavy atom. The van der Waals surface area contributed by atoms with Gasteiger partial charge in [-0.1, -0.05) is 0 Å². The smallest absolute Gasteiger partial charge is 0.249 e. The average molecular weight is 282 g/mol. The average Bonchev–Trinajstić information content (AvgIpc) is 3.20. The standard InChI is InChI=1S/C15H26N2O3/c1-5-20-10-6-9-17-13(19)15(4,11-7-8-11)16-12(18)14(17,2)3/h11H,5-10H2,1-4H3,(H,16,18). The van der Waals surface area contributed by atoms with Crippen molar-refractivity contribution in [1.29, 1.82) is 0 Å². The molecule has 0 aromatic heterocycles. The summed E-state index contributed by atoms with van der Waals surface area (Å²) in [6, 6.07) is 0. The molecule has 0 radical (unpaired) electrons. The molecule has 114 valence electrons. The minimum Gasteiger partial charge on any atom is -0.382 e. The fourth-order valence-corrected chi connectivity index (χ4v) is 2.89. The molecule has 1 aliphatic carbocycles. The molecule has 2 rings (SSSR count). The van der Waals surface area contributed by atoms with Crippen molar-refractivity contribution in [2.75, 3.05) is 19.8 Å². The number of ether oxygens (including phenoxy) is 1. The first-order chi connectivity index (χ1) is 9.34. The number of nitrogens with one attached hydrogen (secondary N) is 1. The van der Waals surface area contributed by atoms with Gasteiger partial charge in [0.25, 0.3) is 0 Å². The third kappa shape index (κ3) is 2.55. The van der Waals surface area contributed by atoms with Crippen LogP contribution in [-0.4, -0.2) is 47.6 Å². The molecule has 2 amide bonds. The van der Waals surface area contributed by atoms with Crippen molar-refractivity contribution >= 4 is 11.8 Å². The van der Waals surface area contributed by atoms with E-state index in [4.69, 9.17) is 4.74 Å². The molecular formula is C15H26N2O3. The summed E-state index contributed by atoms with van der Waals surface area (Å²) in [4.78, 5) is 26.9. The van der Waals surface area contributed by atoms with Gasteiger partial charge in [-0.15, -0.1) is 0 Å². The number of nitrogens with zero attached hydrogens (tertiary/aromatic N) is 1. The Morgan fingerprint density at radius 1 is 1.30 bits per heavy atom. The van der Waals surface area contributed by atoms with E-state index in [0.717, 1.165) is 19.3 Å². The highest BCUT2D eigenvalue weighted by molar-refractivity contribution is 6.02. The van der Waals surface area contributed by atoms with E-state index >= 15 is 0 Å². The van der Waals surface area contributed by atoms with Gasteiger partial charge in [0.1, 0.15) is 11.1 Å². The minimum atomic E-state index is -0.780. The SMILES string of the molecule is CCOCCCN1C(=O)C(C)(C2CC2)NC(=O)C1(C)C. The summed E-state index contributed by atoms with van der Waals surface area (Å²) in [7, 11) is 0. The van der Waals surface area contributed by atoms with E-state index in [-0.39, 0.29) is 11.8 Å². The summed E-state index contributed by atoms with van der Waals surface area (Å²) in [5, 5.41) is 2.96. The zero-order chi connectivity index (χ0) is 15.0. The first kappa shape index (κ1) is 15.3. The number of rotatable bonds is 6. The number of piperazine rings is 1. The first-order valence-electron chi connectivity index (χ1n) is 7.56. The summed E-state index contributed by atoms with van der Waals surface area (Å²) in [6.07, 6.45) is 2.81. The Bertz CT molecular complexity index is 404. The summed E-state index contributed by atoms with van der Waals surface area (Å²) < 4.78 is 5.33. The molecule has 0 bridgehead atoms. The van der Waals surface area contributed by atoms with Gasteiger partial charge in [-0.25, -0.2) is 0 Å². The fourth-order valence-electron chi connectivity index (χ4n) is 2.89. The van der Waals surface area contributed by atoms with Crippen LogP contribution in [0.3, 0.4) is 0 Å². The molecule has 1 atom stereocenters. The van der Waals surface area contributed by atoms with Crippen LogP contribution in [0.15, 0.2) is 0 Å². The van der Waals surface area contributed by atoms with Crippen molar-refractivity contribution < 1.29 is 14.3 Å². The lowest BCUT2D eigenvalue weighted by molar-refractivity contribution is -0.161. The van der Waals surface area contributed by atoms with Crippen molar-refractivity contribution in [2.45, 2.75) is 58.0 Å². The van der Waals surface area contributed by atoms with E-state index in [1.54, 1.807) is 4.90 Å². The Morgan fingerprint density at radius 3 is 2.50 bits per heavy atom. The molecule has 1 N–H and O–H groups in total. The lowest BCUT2D eigenvalue weighted by Crippen LogP contribution is -2.74. The molecule has 2 fully saturated rings. The summed E-state index contributed by atoms with van der Waals surface area (Å²) >= 11 is 0. The maximum absolute atomic E-state index is 12.8. The third-order valence-corrected chi connectivity index (χ3v) is 4.56. The van der Waals surface area contributed by atoms with Gasteiger partial charge in [-0.05, 0) is 52.9 Å². The van der Waals surface area contributed by atoms with Gasteiger partial charge >= 0.3 is 0 Å². The van der Waals surface area contributed by atoms with E-state index < -0.39 is 11.1 Å². The highest BCUT2D eigenvalue weighted by Gasteiger charge is 2.57. The predicted octanol–water partition coefficient (Wildman–Crippen LogP) is 1.32. The van der Waals surface area contributed by atoms with Crippen LogP contribution in [0, 0.1) is 5.92 Å². The topological polar surface area (TPSA) is 58.6 Å². The van der Waals surface area contributed by atoms with E-state index in [1.807, 2.05) is 27.7 Å². The normalized spacial score (nSPS) is 29.5. The molecule has 1 aliphatic heterocycles. The monoisotopic (exact) mass is 282 g/mol. The van der Waals surface area contributed by atoms with Crippen molar-refractivity contribution in [3.05, 3.63) is 0 Å². The van der Waals surface area contributed by atoms with Crippen molar-refractivity contribution in [1.82, 2.24) is 10.2 Å². The zero-order valence-electron chi connectivity index (χ0n) is 13.0. The molecule has 1 heterocycles. The second kappa shape index (κ2) is 5.35. The second-order valence-electron chi connectivity index (χ2n) is 6.50. The Labute approximate surface area is 121 Å². The van der Waals surface area contributed by atoms with Crippen LogP contribution in [0.5, 0.6) is 0 Å². The minimum absolute atomic E-state index is 0.0529. The number of carbonyl (C=O) groups excluding carboxylic acids is 2. The first-order valence-corrected chi connectivity index (χ1v) is 7.56. The van der Waals surface area contributed by atoms with Crippen LogP contribution in [0.2, 0.25) is 0 Å². The summed E-state index contributed by atoms with van der Waals surface area (Å²) in [5.41, 5.74) is -1.49. The van der Waals surface area contributed by atoms with Crippen LogP contribution in [-0.2, 0) is 14.3 Å². The molecule has 5 heteroatoms. The molecule has 0 aromatic carbocycles. The van der Waals surface area contributed by atoms with Crippen molar-refractivity contribution in [2.24, 2.45) is 5.92 Å². The van der Waals surface area contributed by atoms with Crippen LogP contribution < -0.4 is 5.32 Å². The fraction of sp³-hybridized carbons (Fsp3) is 0.867. The van der Waals surface area contributed by atoms with E-state index in [2.05, 4.69) is 5.32 Å². The van der Waals surface area contributed by atoms with Crippen LogP contribution in [0.4, 0.5) is 0 Å². The molecule has 0 spiro atoms. The molecule has 20 heavy (non-hydrogen) atoms. The Kier molecular flexibility index (Phi) is 4.09. The lowest BCUT2D eigenvalue weighted by atomic mass is 9.85. The van der Waals surface area contributed by atoms with E-state index in [1.165, 1.54) is 0 Å². The maximum atomic E-state index is 12.8. The largest absolute Gasteiger partial charge is 0.382 e. The predicted molar refractivity (Wildman–Crippen MR) is 76.2 cm³/mol. The van der Waals surface area contributed by atoms with Gasteiger partial charge < -0.3 is 15.0 Å². The number of hydrogen-bond donors (Lipinski definition) is 1. The Hall–Kier alpha value is -1.10. The lowest BCUT2D eigenvalue weighted by Gasteiger charge is -2.49. The number of hydrogen-bond acceptors (Lipinski definition) is 3.